The molecular weight excluding hydrogens is 416 g/mol. The first-order valence-corrected chi connectivity index (χ1v) is 10.7. The molecule has 4 aromatic rings. The fraction of sp³-hybridized carbons (Fsp3) is 0.154. The Morgan fingerprint density at radius 1 is 1.03 bits per heavy atom. The monoisotopic (exact) mass is 438 g/mol. The van der Waals surface area contributed by atoms with E-state index in [9.17, 15) is 14.4 Å². The smallest absolute Gasteiger partial charge is 0.251 e. The number of aryl methyl sites for hydroxylation is 1. The number of hydrogen-bond donors (Lipinski definition) is 2. The highest BCUT2D eigenvalue weighted by molar-refractivity contribution is 6.02. The van der Waals surface area contributed by atoms with Crippen molar-refractivity contribution in [2.45, 2.75) is 19.8 Å². The summed E-state index contributed by atoms with van der Waals surface area (Å²) >= 11 is 0. The zero-order valence-electron chi connectivity index (χ0n) is 18.3. The Morgan fingerprint density at radius 3 is 2.64 bits per heavy atom. The van der Waals surface area contributed by atoms with Gasteiger partial charge in [0.05, 0.1) is 11.0 Å². The molecule has 3 aromatic carbocycles. The van der Waals surface area contributed by atoms with Crippen molar-refractivity contribution < 1.29 is 14.4 Å². The lowest BCUT2D eigenvalue weighted by Crippen LogP contribution is -2.19. The van der Waals surface area contributed by atoms with Gasteiger partial charge in [0.25, 0.3) is 5.91 Å². The van der Waals surface area contributed by atoms with E-state index >= 15 is 0 Å². The lowest BCUT2D eigenvalue weighted by molar-refractivity contribution is -0.116. The summed E-state index contributed by atoms with van der Waals surface area (Å²) in [4.78, 5) is 41.2. The average molecular weight is 438 g/mol. The van der Waals surface area contributed by atoms with Gasteiger partial charge < -0.3 is 10.6 Å². The van der Waals surface area contributed by atoms with E-state index in [0.717, 1.165) is 22.5 Å². The summed E-state index contributed by atoms with van der Waals surface area (Å²) in [5.41, 5.74) is 5.99. The number of ketones is 1. The molecule has 0 bridgehead atoms. The Bertz CT molecular complexity index is 1450. The van der Waals surface area contributed by atoms with Crippen LogP contribution in [0.4, 0.5) is 5.69 Å². The Labute approximate surface area is 190 Å². The molecule has 0 atom stereocenters. The number of aromatic nitrogens is 2. The van der Waals surface area contributed by atoms with Gasteiger partial charge in [-0.05, 0) is 55.3 Å². The number of imidazole rings is 1. The highest BCUT2D eigenvalue weighted by Gasteiger charge is 2.21. The first-order chi connectivity index (χ1) is 16.0. The second-order valence-corrected chi connectivity index (χ2v) is 8.04. The Morgan fingerprint density at radius 2 is 1.85 bits per heavy atom. The van der Waals surface area contributed by atoms with Gasteiger partial charge in [-0.3, -0.25) is 19.0 Å². The molecule has 0 saturated heterocycles. The van der Waals surface area contributed by atoms with Crippen molar-refractivity contribution in [3.05, 3.63) is 77.4 Å². The van der Waals surface area contributed by atoms with Crippen LogP contribution in [0.25, 0.3) is 28.1 Å². The molecule has 5 rings (SSSR count). The number of nitrogens with zero attached hydrogens (tertiary/aromatic N) is 2. The molecule has 0 saturated carbocycles. The van der Waals surface area contributed by atoms with Crippen LogP contribution < -0.4 is 10.6 Å². The van der Waals surface area contributed by atoms with E-state index in [-0.39, 0.29) is 17.6 Å². The van der Waals surface area contributed by atoms with Crippen molar-refractivity contribution in [3.63, 3.8) is 0 Å². The first-order valence-electron chi connectivity index (χ1n) is 10.7. The minimum absolute atomic E-state index is 0.0149. The number of Topliss-reactive ketones (excluding diaryl/α,β-unsaturated/α-hetero) is 1. The van der Waals surface area contributed by atoms with Gasteiger partial charge in [0.2, 0.25) is 5.91 Å². The van der Waals surface area contributed by atoms with Gasteiger partial charge in [0.15, 0.2) is 5.78 Å². The zero-order chi connectivity index (χ0) is 23.1. The van der Waals surface area contributed by atoms with Gasteiger partial charge in [0, 0.05) is 41.5 Å². The van der Waals surface area contributed by atoms with Crippen LogP contribution in [0.5, 0.6) is 0 Å². The molecule has 7 nitrogen and oxygen atoms in total. The third-order valence-electron chi connectivity index (χ3n) is 5.93. The molecule has 1 aliphatic heterocycles. The molecule has 7 heteroatoms. The fourth-order valence-corrected chi connectivity index (χ4v) is 4.30. The highest BCUT2D eigenvalue weighted by atomic mass is 16.2. The molecule has 164 valence electrons. The van der Waals surface area contributed by atoms with Gasteiger partial charge in [-0.1, -0.05) is 24.3 Å². The van der Waals surface area contributed by atoms with Gasteiger partial charge in [-0.25, -0.2) is 4.98 Å². The quantitative estimate of drug-likeness (QED) is 0.469. The molecule has 0 radical (unpaired) electrons. The Kier molecular flexibility index (Phi) is 5.01. The lowest BCUT2D eigenvalue weighted by Gasteiger charge is -2.19. The average Bonchev–Trinajstić information content (AvgIpc) is 3.21. The van der Waals surface area contributed by atoms with E-state index in [1.807, 2.05) is 47.0 Å². The van der Waals surface area contributed by atoms with E-state index in [1.54, 1.807) is 25.2 Å². The third-order valence-corrected chi connectivity index (χ3v) is 5.93. The summed E-state index contributed by atoms with van der Waals surface area (Å²) in [5.74, 6) is 0.385. The van der Waals surface area contributed by atoms with Crippen molar-refractivity contribution in [2.75, 3.05) is 12.4 Å². The maximum absolute atomic E-state index is 12.4. The van der Waals surface area contributed by atoms with Crippen LogP contribution in [0.3, 0.4) is 0 Å². The molecule has 2 heterocycles. The fourth-order valence-electron chi connectivity index (χ4n) is 4.30. The maximum atomic E-state index is 12.4. The summed E-state index contributed by atoms with van der Waals surface area (Å²) in [6, 6.07) is 18.6. The second kappa shape index (κ2) is 8.02. The van der Waals surface area contributed by atoms with E-state index < -0.39 is 0 Å². The van der Waals surface area contributed by atoms with Crippen LogP contribution in [-0.4, -0.2) is 34.2 Å². The molecule has 2 amide bonds. The molecule has 0 unspecified atom stereocenters. The maximum Gasteiger partial charge on any atom is 0.251 e. The van der Waals surface area contributed by atoms with Crippen LogP contribution in [0.15, 0.2) is 60.7 Å². The third kappa shape index (κ3) is 3.57. The number of carbonyl (C=O) groups excluding carboxylic acids is 3. The topological polar surface area (TPSA) is 93.1 Å². The minimum atomic E-state index is -0.193. The molecule has 1 aromatic heterocycles. The number of hydrogen-bond acceptors (Lipinski definition) is 4. The summed E-state index contributed by atoms with van der Waals surface area (Å²) in [7, 11) is 1.59. The molecule has 2 N–H and O–H groups in total. The van der Waals surface area contributed by atoms with Gasteiger partial charge in [0.1, 0.15) is 5.82 Å². The van der Waals surface area contributed by atoms with E-state index in [4.69, 9.17) is 4.98 Å². The highest BCUT2D eigenvalue weighted by Crippen LogP contribution is 2.33. The SMILES string of the molecule is CNC(=O)c1ccc2c(c1)nc(-c1ccccc1C(C)=O)n2-c1ccc2c(c1)CCC(=O)N2. The zero-order valence-corrected chi connectivity index (χ0v) is 18.3. The van der Waals surface area contributed by atoms with Crippen LogP contribution >= 0.6 is 0 Å². The predicted octanol–water partition coefficient (Wildman–Crippen LogP) is 4.14. The van der Waals surface area contributed by atoms with E-state index in [0.29, 0.717) is 40.9 Å². The Hall–Kier alpha value is -4.26. The summed E-state index contributed by atoms with van der Waals surface area (Å²) in [5, 5.41) is 5.55. The standard InChI is InChI=1S/C26H22N4O3/c1-15(31)19-5-3-4-6-20(19)25-29-22-14-17(26(33)27-2)7-11-23(22)30(25)18-9-10-21-16(13-18)8-12-24(32)28-21/h3-7,9-11,13-14H,8,12H2,1-2H3,(H,27,33)(H,28,32). The molecule has 1 aliphatic rings. The summed E-state index contributed by atoms with van der Waals surface area (Å²) in [6.07, 6.45) is 1.10. The molecule has 0 aliphatic carbocycles. The summed E-state index contributed by atoms with van der Waals surface area (Å²) in [6.45, 7) is 1.54. The van der Waals surface area contributed by atoms with Crippen LogP contribution in [0.2, 0.25) is 0 Å². The lowest BCUT2D eigenvalue weighted by atomic mass is 10.0. The molecular formula is C26H22N4O3. The molecule has 0 spiro atoms. The number of amides is 2. The summed E-state index contributed by atoms with van der Waals surface area (Å²) < 4.78 is 2.00. The van der Waals surface area contributed by atoms with Crippen molar-refractivity contribution in [2.24, 2.45) is 0 Å². The largest absolute Gasteiger partial charge is 0.355 e. The number of anilines is 1. The van der Waals surface area contributed by atoms with Crippen LogP contribution in [-0.2, 0) is 11.2 Å². The number of carbonyl (C=O) groups is 3. The number of rotatable bonds is 4. The molecule has 0 fully saturated rings. The van der Waals surface area contributed by atoms with Gasteiger partial charge in [-0.15, -0.1) is 0 Å². The van der Waals surface area contributed by atoms with Crippen molar-refractivity contribution in [1.29, 1.82) is 0 Å². The Balaban J connectivity index is 1.78. The minimum Gasteiger partial charge on any atom is -0.355 e. The van der Waals surface area contributed by atoms with Crippen molar-refractivity contribution in [1.82, 2.24) is 14.9 Å². The van der Waals surface area contributed by atoms with E-state index in [2.05, 4.69) is 10.6 Å². The number of nitrogens with one attached hydrogen (secondary N) is 2. The van der Waals surface area contributed by atoms with Crippen molar-refractivity contribution >= 4 is 34.3 Å². The normalized spacial score (nSPS) is 12.8. The number of fused-ring (bicyclic) bond motifs is 2. The van der Waals surface area contributed by atoms with Crippen LogP contribution in [0, 0.1) is 0 Å². The van der Waals surface area contributed by atoms with Gasteiger partial charge >= 0.3 is 0 Å². The van der Waals surface area contributed by atoms with Crippen LogP contribution in [0.1, 0.15) is 39.6 Å². The number of benzene rings is 3. The molecule has 33 heavy (non-hydrogen) atoms. The second-order valence-electron chi connectivity index (χ2n) is 8.04. The van der Waals surface area contributed by atoms with E-state index in [1.165, 1.54) is 6.92 Å². The predicted molar refractivity (Wildman–Crippen MR) is 127 cm³/mol. The van der Waals surface area contributed by atoms with Gasteiger partial charge in [-0.2, -0.15) is 0 Å². The van der Waals surface area contributed by atoms with Crippen molar-refractivity contribution in [3.8, 4) is 17.1 Å². The first kappa shape index (κ1) is 20.6.